The van der Waals surface area contributed by atoms with E-state index >= 15 is 0 Å². The van der Waals surface area contributed by atoms with Gasteiger partial charge in [-0.1, -0.05) is 39.3 Å². The summed E-state index contributed by atoms with van der Waals surface area (Å²) in [7, 11) is -0.417. The minimum absolute atomic E-state index is 0.0488. The van der Waals surface area contributed by atoms with Crippen LogP contribution in [0.1, 0.15) is 24.8 Å². The van der Waals surface area contributed by atoms with Crippen molar-refractivity contribution < 1.29 is 22.1 Å². The molecule has 0 unspecified atom stereocenters. The molecule has 1 heterocycles. The van der Waals surface area contributed by atoms with Crippen LogP contribution in [0.25, 0.3) is 0 Å². The normalized spacial score (nSPS) is 18.6. The van der Waals surface area contributed by atoms with Crippen molar-refractivity contribution in [1.82, 2.24) is 0 Å². The summed E-state index contributed by atoms with van der Waals surface area (Å²) in [5, 5.41) is 0. The molecule has 1 fully saturated rings. The van der Waals surface area contributed by atoms with Crippen LogP contribution in [0.15, 0.2) is 29.2 Å². The van der Waals surface area contributed by atoms with Crippen LogP contribution in [-0.4, -0.2) is 46.0 Å². The van der Waals surface area contributed by atoms with Crippen molar-refractivity contribution in [1.29, 1.82) is 0 Å². The Balaban J connectivity index is 1.52. The van der Waals surface area contributed by atoms with Crippen molar-refractivity contribution in [2.45, 2.75) is 37.4 Å². The predicted molar refractivity (Wildman–Crippen MR) is 98.8 cm³/mol. The average molecular weight is 393 g/mol. The van der Waals surface area contributed by atoms with Gasteiger partial charge >= 0.3 is 0 Å². The first-order chi connectivity index (χ1) is 11.6. The molecule has 24 heavy (non-hydrogen) atoms. The maximum Gasteiger partial charge on any atom is 0.297 e. The molecule has 1 aromatic rings. The molecule has 1 saturated heterocycles. The summed E-state index contributed by atoms with van der Waals surface area (Å²) in [4.78, 5) is 0.201. The minimum Gasteiger partial charge on any atom is -0.353 e. The SMILES string of the molecule is Cc1ccc(S(=O)(=O)OCCSSCCO[C@H]2CCCCO2)cc1. The highest BCUT2D eigenvalue weighted by Gasteiger charge is 2.15. The van der Waals surface area contributed by atoms with Crippen molar-refractivity contribution in [2.75, 3.05) is 31.3 Å². The Hall–Kier alpha value is -0.250. The van der Waals surface area contributed by atoms with Gasteiger partial charge in [0.2, 0.25) is 0 Å². The molecular weight excluding hydrogens is 368 g/mol. The fourth-order valence-electron chi connectivity index (χ4n) is 2.12. The second kappa shape index (κ2) is 10.7. The van der Waals surface area contributed by atoms with Crippen molar-refractivity contribution in [2.24, 2.45) is 0 Å². The molecule has 5 nitrogen and oxygen atoms in total. The molecule has 1 atom stereocenters. The molecule has 0 aromatic heterocycles. The highest BCUT2D eigenvalue weighted by atomic mass is 33.1. The van der Waals surface area contributed by atoms with Crippen LogP contribution in [0.3, 0.4) is 0 Å². The molecule has 1 aromatic carbocycles. The quantitative estimate of drug-likeness (QED) is 0.342. The van der Waals surface area contributed by atoms with Gasteiger partial charge in [0.25, 0.3) is 10.1 Å². The van der Waals surface area contributed by atoms with Crippen LogP contribution in [0.5, 0.6) is 0 Å². The summed E-state index contributed by atoms with van der Waals surface area (Å²) < 4.78 is 40.1. The van der Waals surface area contributed by atoms with Crippen LogP contribution < -0.4 is 0 Å². The van der Waals surface area contributed by atoms with Crippen LogP contribution >= 0.6 is 21.6 Å². The van der Waals surface area contributed by atoms with Gasteiger partial charge in [0.1, 0.15) is 0 Å². The Morgan fingerprint density at radius 2 is 1.83 bits per heavy atom. The predicted octanol–water partition coefficient (Wildman–Crippen LogP) is 3.62. The van der Waals surface area contributed by atoms with Crippen molar-refractivity contribution in [3.63, 3.8) is 0 Å². The topological polar surface area (TPSA) is 61.8 Å². The molecule has 0 bridgehead atoms. The molecule has 2 rings (SSSR count). The monoisotopic (exact) mass is 392 g/mol. The average Bonchev–Trinajstić information content (AvgIpc) is 2.58. The third kappa shape index (κ3) is 7.33. The van der Waals surface area contributed by atoms with Gasteiger partial charge in [0.15, 0.2) is 6.29 Å². The van der Waals surface area contributed by atoms with E-state index in [4.69, 9.17) is 13.7 Å². The molecule has 136 valence electrons. The standard InChI is InChI=1S/C16H24O5S3/c1-14-5-7-15(8-6-14)24(17,18)21-11-13-23-22-12-10-20-16-4-2-3-9-19-16/h5-8,16H,2-4,9-13H2,1H3/t16-/m0/s1. The van der Waals surface area contributed by atoms with E-state index in [1.165, 1.54) is 6.42 Å². The van der Waals surface area contributed by atoms with Crippen LogP contribution in [0, 0.1) is 6.92 Å². The lowest BCUT2D eigenvalue weighted by Gasteiger charge is -2.22. The lowest BCUT2D eigenvalue weighted by molar-refractivity contribution is -0.158. The van der Waals surface area contributed by atoms with E-state index in [0.717, 1.165) is 30.8 Å². The highest BCUT2D eigenvalue weighted by Crippen LogP contribution is 2.22. The maximum atomic E-state index is 12.0. The van der Waals surface area contributed by atoms with Crippen LogP contribution in [-0.2, 0) is 23.8 Å². The largest absolute Gasteiger partial charge is 0.353 e. The van der Waals surface area contributed by atoms with Gasteiger partial charge in [-0.25, -0.2) is 0 Å². The maximum absolute atomic E-state index is 12.0. The third-order valence-corrected chi connectivity index (χ3v) is 7.07. The molecule has 0 N–H and O–H groups in total. The lowest BCUT2D eigenvalue weighted by Crippen LogP contribution is -2.23. The Bertz CT molecular complexity index is 568. The molecule has 0 radical (unpaired) electrons. The lowest BCUT2D eigenvalue weighted by atomic mass is 10.2. The number of aryl methyl sites for hydroxylation is 1. The first kappa shape index (κ1) is 20.1. The summed E-state index contributed by atoms with van der Waals surface area (Å²) in [5.74, 6) is 1.45. The van der Waals surface area contributed by atoms with E-state index in [2.05, 4.69) is 0 Å². The zero-order valence-electron chi connectivity index (χ0n) is 13.8. The number of hydrogen-bond acceptors (Lipinski definition) is 7. The smallest absolute Gasteiger partial charge is 0.297 e. The summed E-state index contributed by atoms with van der Waals surface area (Å²) in [5.41, 5.74) is 1.02. The molecule has 0 saturated carbocycles. The first-order valence-electron chi connectivity index (χ1n) is 8.02. The van der Waals surface area contributed by atoms with Crippen LogP contribution in [0.4, 0.5) is 0 Å². The molecule has 0 spiro atoms. The van der Waals surface area contributed by atoms with Crippen LogP contribution in [0.2, 0.25) is 0 Å². The Kier molecular flexibility index (Phi) is 8.93. The number of ether oxygens (including phenoxy) is 2. The van der Waals surface area contributed by atoms with E-state index in [-0.39, 0.29) is 17.8 Å². The molecule has 0 amide bonds. The van der Waals surface area contributed by atoms with Crippen molar-refractivity contribution in [3.05, 3.63) is 29.8 Å². The third-order valence-electron chi connectivity index (χ3n) is 3.41. The van der Waals surface area contributed by atoms with E-state index < -0.39 is 10.1 Å². The number of hydrogen-bond donors (Lipinski definition) is 0. The van der Waals surface area contributed by atoms with Crippen molar-refractivity contribution >= 4 is 31.7 Å². The minimum atomic E-state index is -3.65. The molecule has 1 aliphatic heterocycles. The van der Waals surface area contributed by atoms with Gasteiger partial charge in [-0.3, -0.25) is 4.18 Å². The molecular formula is C16H24O5S3. The number of benzene rings is 1. The highest BCUT2D eigenvalue weighted by molar-refractivity contribution is 8.76. The summed E-state index contributed by atoms with van der Waals surface area (Å²) in [6.07, 6.45) is 3.21. The van der Waals surface area contributed by atoms with Gasteiger partial charge < -0.3 is 9.47 Å². The zero-order valence-corrected chi connectivity index (χ0v) is 16.3. The van der Waals surface area contributed by atoms with Crippen molar-refractivity contribution in [3.8, 4) is 0 Å². The fraction of sp³-hybridized carbons (Fsp3) is 0.625. The summed E-state index contributed by atoms with van der Waals surface area (Å²) in [6, 6.07) is 6.65. The van der Waals surface area contributed by atoms with Gasteiger partial charge in [0.05, 0.1) is 18.1 Å². The van der Waals surface area contributed by atoms with Gasteiger partial charge in [-0.15, -0.1) is 0 Å². The number of rotatable bonds is 10. The molecule has 1 aliphatic rings. The van der Waals surface area contributed by atoms with E-state index in [1.807, 2.05) is 6.92 Å². The van der Waals surface area contributed by atoms with E-state index in [1.54, 1.807) is 45.9 Å². The summed E-state index contributed by atoms with van der Waals surface area (Å²) in [6.45, 7) is 3.51. The second-order valence-electron chi connectivity index (χ2n) is 5.40. The first-order valence-corrected chi connectivity index (χ1v) is 11.9. The Morgan fingerprint density at radius 1 is 1.12 bits per heavy atom. The summed E-state index contributed by atoms with van der Waals surface area (Å²) >= 11 is 0. The van der Waals surface area contributed by atoms with E-state index in [9.17, 15) is 8.42 Å². The van der Waals surface area contributed by atoms with Gasteiger partial charge in [-0.05, 0) is 38.3 Å². The van der Waals surface area contributed by atoms with Gasteiger partial charge in [0, 0.05) is 18.1 Å². The second-order valence-corrected chi connectivity index (χ2v) is 9.72. The Labute approximate surface area is 152 Å². The zero-order chi connectivity index (χ0) is 17.3. The molecule has 0 aliphatic carbocycles. The van der Waals surface area contributed by atoms with Gasteiger partial charge in [-0.2, -0.15) is 8.42 Å². The fourth-order valence-corrected chi connectivity index (χ4v) is 4.81. The van der Waals surface area contributed by atoms with E-state index in [0.29, 0.717) is 12.4 Å². The Morgan fingerprint density at radius 3 is 2.50 bits per heavy atom. The molecule has 8 heteroatoms.